The van der Waals surface area contributed by atoms with Crippen molar-refractivity contribution in [3.05, 3.63) is 58.9 Å². The fourth-order valence-corrected chi connectivity index (χ4v) is 5.21. The van der Waals surface area contributed by atoms with Gasteiger partial charge in [-0.2, -0.15) is 5.10 Å². The first-order valence-corrected chi connectivity index (χ1v) is 10.5. The molecule has 0 spiro atoms. The first-order chi connectivity index (χ1) is 14.4. The third-order valence-electron chi connectivity index (χ3n) is 5.28. The first kappa shape index (κ1) is 20.1. The largest absolute Gasteiger partial charge is 0.365 e. The fraction of sp³-hybridized carbons (Fsp3) is 0.286. The highest BCUT2D eigenvalue weighted by Gasteiger charge is 2.29. The molecule has 1 aromatic carbocycles. The second kappa shape index (κ2) is 8.29. The lowest BCUT2D eigenvalue weighted by atomic mass is 9.93. The lowest BCUT2D eigenvalue weighted by Crippen LogP contribution is -2.24. The van der Waals surface area contributed by atoms with Crippen molar-refractivity contribution in [1.82, 2.24) is 14.7 Å². The van der Waals surface area contributed by atoms with Crippen LogP contribution >= 0.6 is 11.3 Å². The number of aromatic nitrogens is 2. The predicted molar refractivity (Wildman–Crippen MR) is 117 cm³/mol. The number of nitrogens with one attached hydrogen (secondary N) is 1. The number of carbonyl (C=O) groups is 2. The number of anilines is 1. The SMILES string of the molecule is CN(CCn1ncc2c1CCc1c-2sc(NC(N)=O)c1C(N)=O)Cc1ccccc1. The van der Waals surface area contributed by atoms with E-state index in [1.807, 2.05) is 29.1 Å². The summed E-state index contributed by atoms with van der Waals surface area (Å²) in [5.74, 6) is -0.561. The van der Waals surface area contributed by atoms with Gasteiger partial charge in [0.15, 0.2) is 0 Å². The molecule has 30 heavy (non-hydrogen) atoms. The van der Waals surface area contributed by atoms with Crippen molar-refractivity contribution < 1.29 is 9.59 Å². The molecule has 0 fully saturated rings. The molecule has 4 rings (SSSR count). The Morgan fingerprint density at radius 3 is 2.70 bits per heavy atom. The number of thiophene rings is 1. The van der Waals surface area contributed by atoms with Gasteiger partial charge in [-0.1, -0.05) is 30.3 Å². The van der Waals surface area contributed by atoms with Gasteiger partial charge in [0, 0.05) is 29.2 Å². The molecule has 0 saturated heterocycles. The topological polar surface area (TPSA) is 119 Å². The maximum atomic E-state index is 12.0. The summed E-state index contributed by atoms with van der Waals surface area (Å²) in [4.78, 5) is 26.5. The van der Waals surface area contributed by atoms with E-state index in [4.69, 9.17) is 11.5 Å². The van der Waals surface area contributed by atoms with Gasteiger partial charge in [0.25, 0.3) is 5.91 Å². The van der Waals surface area contributed by atoms with E-state index in [0.29, 0.717) is 17.0 Å². The minimum Gasteiger partial charge on any atom is -0.365 e. The molecular formula is C21H24N6O2S. The monoisotopic (exact) mass is 424 g/mol. The molecule has 0 aliphatic heterocycles. The molecule has 0 saturated carbocycles. The summed E-state index contributed by atoms with van der Waals surface area (Å²) in [7, 11) is 2.10. The van der Waals surface area contributed by atoms with Gasteiger partial charge < -0.3 is 16.4 Å². The average molecular weight is 425 g/mol. The molecule has 2 heterocycles. The molecule has 9 heteroatoms. The Morgan fingerprint density at radius 1 is 1.23 bits per heavy atom. The number of urea groups is 1. The van der Waals surface area contributed by atoms with Gasteiger partial charge in [-0.05, 0) is 31.0 Å². The van der Waals surface area contributed by atoms with Gasteiger partial charge in [0.05, 0.1) is 18.3 Å². The molecule has 8 nitrogen and oxygen atoms in total. The summed E-state index contributed by atoms with van der Waals surface area (Å²) in [6.45, 7) is 2.51. The molecule has 3 aromatic rings. The lowest BCUT2D eigenvalue weighted by molar-refractivity contribution is 0.100. The van der Waals surface area contributed by atoms with Crippen LogP contribution in [0.3, 0.4) is 0 Å². The van der Waals surface area contributed by atoms with E-state index in [1.54, 1.807) is 0 Å². The zero-order chi connectivity index (χ0) is 21.3. The highest BCUT2D eigenvalue weighted by molar-refractivity contribution is 7.20. The van der Waals surface area contributed by atoms with Gasteiger partial charge in [-0.25, -0.2) is 4.79 Å². The van der Waals surface area contributed by atoms with Crippen LogP contribution in [0.5, 0.6) is 0 Å². The van der Waals surface area contributed by atoms with E-state index < -0.39 is 11.9 Å². The zero-order valence-electron chi connectivity index (χ0n) is 16.7. The number of hydrogen-bond donors (Lipinski definition) is 3. The Bertz CT molecular complexity index is 1090. The Balaban J connectivity index is 1.54. The predicted octanol–water partition coefficient (Wildman–Crippen LogP) is 2.43. The smallest absolute Gasteiger partial charge is 0.317 e. The Morgan fingerprint density at radius 2 is 2.00 bits per heavy atom. The maximum Gasteiger partial charge on any atom is 0.317 e. The molecule has 5 N–H and O–H groups in total. The van der Waals surface area contributed by atoms with Gasteiger partial charge in [0.1, 0.15) is 5.00 Å². The van der Waals surface area contributed by atoms with E-state index in [0.717, 1.165) is 47.8 Å². The van der Waals surface area contributed by atoms with Crippen molar-refractivity contribution in [2.75, 3.05) is 18.9 Å². The minimum atomic E-state index is -0.714. The molecule has 156 valence electrons. The van der Waals surface area contributed by atoms with Gasteiger partial charge in [-0.15, -0.1) is 11.3 Å². The molecule has 0 unspecified atom stereocenters. The van der Waals surface area contributed by atoms with Gasteiger partial charge >= 0.3 is 6.03 Å². The van der Waals surface area contributed by atoms with Crippen LogP contribution in [0, 0.1) is 0 Å². The first-order valence-electron chi connectivity index (χ1n) is 9.73. The number of carbonyl (C=O) groups excluding carboxylic acids is 2. The van der Waals surface area contributed by atoms with Crippen LogP contribution in [-0.4, -0.2) is 40.2 Å². The van der Waals surface area contributed by atoms with Crippen molar-refractivity contribution in [2.45, 2.75) is 25.9 Å². The van der Waals surface area contributed by atoms with Crippen LogP contribution in [0.2, 0.25) is 0 Å². The van der Waals surface area contributed by atoms with Crippen LogP contribution in [0.25, 0.3) is 10.4 Å². The van der Waals surface area contributed by atoms with Crippen LogP contribution in [0.15, 0.2) is 36.5 Å². The zero-order valence-corrected chi connectivity index (χ0v) is 17.5. The summed E-state index contributed by atoms with van der Waals surface area (Å²) in [5, 5.41) is 7.53. The minimum absolute atomic E-state index is 0.356. The summed E-state index contributed by atoms with van der Waals surface area (Å²) < 4.78 is 2.03. The van der Waals surface area contributed by atoms with Gasteiger partial charge in [0.2, 0.25) is 0 Å². The van der Waals surface area contributed by atoms with Crippen molar-refractivity contribution >= 4 is 28.3 Å². The molecule has 1 aliphatic carbocycles. The second-order valence-corrected chi connectivity index (χ2v) is 8.44. The van der Waals surface area contributed by atoms with Crippen molar-refractivity contribution in [2.24, 2.45) is 11.5 Å². The molecule has 1 aliphatic rings. The number of benzene rings is 1. The summed E-state index contributed by atoms with van der Waals surface area (Å²) in [6, 6.07) is 9.65. The molecule has 3 amide bonds. The number of likely N-dealkylation sites (N-methyl/N-ethyl adjacent to an activating group) is 1. The summed E-state index contributed by atoms with van der Waals surface area (Å²) >= 11 is 1.32. The van der Waals surface area contributed by atoms with Gasteiger partial charge in [-0.3, -0.25) is 14.8 Å². The summed E-state index contributed by atoms with van der Waals surface area (Å²) in [6.07, 6.45) is 3.26. The van der Waals surface area contributed by atoms with E-state index >= 15 is 0 Å². The van der Waals surface area contributed by atoms with Crippen LogP contribution < -0.4 is 16.8 Å². The lowest BCUT2D eigenvalue weighted by Gasteiger charge is -2.19. The fourth-order valence-electron chi connectivity index (χ4n) is 3.92. The molecule has 0 bridgehead atoms. The van der Waals surface area contributed by atoms with Crippen molar-refractivity contribution in [3.63, 3.8) is 0 Å². The van der Waals surface area contributed by atoms with E-state index in [1.165, 1.54) is 16.9 Å². The third kappa shape index (κ3) is 3.94. The molecular weight excluding hydrogens is 400 g/mol. The Hall–Kier alpha value is -3.17. The molecule has 2 aromatic heterocycles. The number of rotatable bonds is 7. The Labute approximate surface area is 178 Å². The standard InChI is InChI=1S/C21H24N6O2S/c1-26(12-13-5-3-2-4-6-13)9-10-27-16-8-7-14-17(19(22)28)20(25-21(23)29)30-18(14)15(16)11-24-27/h2-6,11H,7-10,12H2,1H3,(H2,22,28)(H3,23,25,29). The van der Waals surface area contributed by atoms with Crippen molar-refractivity contribution in [3.8, 4) is 10.4 Å². The highest BCUT2D eigenvalue weighted by Crippen LogP contribution is 2.44. The van der Waals surface area contributed by atoms with Crippen LogP contribution in [0.4, 0.5) is 9.80 Å². The average Bonchev–Trinajstić information content (AvgIpc) is 3.27. The van der Waals surface area contributed by atoms with Crippen molar-refractivity contribution in [1.29, 1.82) is 0 Å². The number of amides is 3. The van der Waals surface area contributed by atoms with Crippen LogP contribution in [0.1, 0.15) is 27.2 Å². The molecule has 0 atom stereocenters. The normalized spacial score (nSPS) is 12.5. The Kier molecular flexibility index (Phi) is 5.56. The quantitative estimate of drug-likeness (QED) is 0.539. The number of nitrogens with two attached hydrogens (primary N) is 2. The second-order valence-electron chi connectivity index (χ2n) is 7.42. The summed E-state index contributed by atoms with van der Waals surface area (Å²) in [5.41, 5.74) is 15.5. The van der Waals surface area contributed by atoms with Crippen LogP contribution in [-0.2, 0) is 25.9 Å². The number of primary amides is 2. The number of nitrogens with zero attached hydrogens (tertiary/aromatic N) is 3. The highest BCUT2D eigenvalue weighted by atomic mass is 32.1. The van der Waals surface area contributed by atoms with E-state index in [9.17, 15) is 9.59 Å². The number of fused-ring (bicyclic) bond motifs is 3. The van der Waals surface area contributed by atoms with E-state index in [-0.39, 0.29) is 0 Å². The maximum absolute atomic E-state index is 12.0. The number of hydrogen-bond acceptors (Lipinski definition) is 5. The van der Waals surface area contributed by atoms with E-state index in [2.05, 4.69) is 34.5 Å². The molecule has 0 radical (unpaired) electrons. The third-order valence-corrected chi connectivity index (χ3v) is 6.46.